The van der Waals surface area contributed by atoms with Crippen LogP contribution in [0, 0.1) is 0 Å². The van der Waals surface area contributed by atoms with E-state index in [-0.39, 0.29) is 24.9 Å². The number of ether oxygens (including phenoxy) is 3. The van der Waals surface area contributed by atoms with Gasteiger partial charge >= 0.3 is 5.97 Å². The van der Waals surface area contributed by atoms with Gasteiger partial charge in [-0.25, -0.2) is 4.79 Å². The molecule has 0 saturated carbocycles. The summed E-state index contributed by atoms with van der Waals surface area (Å²) in [6.07, 6.45) is 0. The monoisotopic (exact) mass is 358 g/mol. The van der Waals surface area contributed by atoms with E-state index >= 15 is 0 Å². The molecule has 25 heavy (non-hydrogen) atoms. The largest absolute Gasteiger partial charge is 0.454 e. The smallest absolute Gasteiger partial charge is 0.340 e. The van der Waals surface area contributed by atoms with Crippen molar-refractivity contribution in [1.82, 2.24) is 10.1 Å². The van der Waals surface area contributed by atoms with Gasteiger partial charge in [-0.2, -0.15) is 4.98 Å². The predicted molar refractivity (Wildman–Crippen MR) is 86.4 cm³/mol. The Hall–Kier alpha value is -3.06. The van der Waals surface area contributed by atoms with Crippen molar-refractivity contribution in [3.63, 3.8) is 0 Å². The van der Waals surface area contributed by atoms with E-state index in [0.717, 1.165) is 0 Å². The molecule has 0 atom stereocenters. The first-order valence-electron chi connectivity index (χ1n) is 7.35. The molecule has 0 bridgehead atoms. The lowest BCUT2D eigenvalue weighted by Crippen LogP contribution is -2.06. The summed E-state index contributed by atoms with van der Waals surface area (Å²) < 4.78 is 20.8. The predicted octanol–water partition coefficient (Wildman–Crippen LogP) is 3.48. The molecule has 0 aliphatic carbocycles. The highest BCUT2D eigenvalue weighted by molar-refractivity contribution is 6.33. The molecule has 0 N–H and O–H groups in total. The first-order valence-corrected chi connectivity index (χ1v) is 7.73. The minimum absolute atomic E-state index is 0.151. The van der Waals surface area contributed by atoms with Crippen molar-refractivity contribution >= 4 is 17.6 Å². The molecule has 0 spiro atoms. The second-order valence-corrected chi connectivity index (χ2v) is 5.54. The second-order valence-electron chi connectivity index (χ2n) is 5.14. The van der Waals surface area contributed by atoms with Crippen LogP contribution in [0.2, 0.25) is 5.02 Å². The molecule has 7 nitrogen and oxygen atoms in total. The summed E-state index contributed by atoms with van der Waals surface area (Å²) in [7, 11) is 0. The molecule has 3 aromatic rings. The molecule has 1 aliphatic heterocycles. The van der Waals surface area contributed by atoms with Gasteiger partial charge in [-0.05, 0) is 30.3 Å². The Balaban J connectivity index is 1.45. The Morgan fingerprint density at radius 1 is 1.16 bits per heavy atom. The number of carbonyl (C=O) groups excluding carboxylic acids is 1. The van der Waals surface area contributed by atoms with Crippen LogP contribution in [0.25, 0.3) is 11.4 Å². The Kier molecular flexibility index (Phi) is 3.99. The summed E-state index contributed by atoms with van der Waals surface area (Å²) >= 11 is 5.96. The van der Waals surface area contributed by atoms with Crippen molar-refractivity contribution in [2.75, 3.05) is 6.79 Å². The zero-order valence-electron chi connectivity index (χ0n) is 12.8. The lowest BCUT2D eigenvalue weighted by molar-refractivity contribution is 0.0430. The summed E-state index contributed by atoms with van der Waals surface area (Å²) in [6, 6.07) is 11.9. The third-order valence-electron chi connectivity index (χ3n) is 3.52. The van der Waals surface area contributed by atoms with E-state index in [2.05, 4.69) is 10.1 Å². The molecule has 8 heteroatoms. The first kappa shape index (κ1) is 15.5. The molecule has 0 saturated heterocycles. The fraction of sp³-hybridized carbons (Fsp3) is 0.118. The van der Waals surface area contributed by atoms with Gasteiger partial charge in [0, 0.05) is 5.56 Å². The van der Waals surface area contributed by atoms with Crippen molar-refractivity contribution in [3.05, 3.63) is 58.9 Å². The summed E-state index contributed by atoms with van der Waals surface area (Å²) in [6.45, 7) is 0.0376. The van der Waals surface area contributed by atoms with Gasteiger partial charge in [-0.3, -0.25) is 0 Å². The summed E-state index contributed by atoms with van der Waals surface area (Å²) in [5.74, 6) is 1.26. The number of benzene rings is 2. The number of aromatic nitrogens is 2. The summed E-state index contributed by atoms with van der Waals surface area (Å²) in [4.78, 5) is 16.2. The molecule has 2 heterocycles. The number of esters is 1. The fourth-order valence-electron chi connectivity index (χ4n) is 2.30. The number of rotatable bonds is 4. The lowest BCUT2D eigenvalue weighted by Gasteiger charge is -2.03. The Morgan fingerprint density at radius 3 is 2.88 bits per heavy atom. The standard InChI is InChI=1S/C17H11ClN2O5/c18-12-4-2-1-3-11(12)17(21)22-8-15-19-16(20-25-15)10-5-6-13-14(7-10)24-9-23-13/h1-7H,8-9H2. The van der Waals surface area contributed by atoms with E-state index in [1.807, 2.05) is 0 Å². The topological polar surface area (TPSA) is 83.7 Å². The highest BCUT2D eigenvalue weighted by Gasteiger charge is 2.17. The van der Waals surface area contributed by atoms with Crippen molar-refractivity contribution in [3.8, 4) is 22.9 Å². The molecule has 4 rings (SSSR count). The fourth-order valence-corrected chi connectivity index (χ4v) is 2.51. The summed E-state index contributed by atoms with van der Waals surface area (Å²) in [5.41, 5.74) is 0.983. The van der Waals surface area contributed by atoms with Gasteiger partial charge in [0.15, 0.2) is 18.1 Å². The normalized spacial score (nSPS) is 12.2. The van der Waals surface area contributed by atoms with Gasteiger partial charge < -0.3 is 18.7 Å². The minimum atomic E-state index is -0.562. The average molecular weight is 359 g/mol. The summed E-state index contributed by atoms with van der Waals surface area (Å²) in [5, 5.41) is 4.20. The maximum Gasteiger partial charge on any atom is 0.340 e. The van der Waals surface area contributed by atoms with Gasteiger partial charge in [0.25, 0.3) is 5.89 Å². The Labute approximate surface area is 147 Å². The van der Waals surface area contributed by atoms with Crippen LogP contribution < -0.4 is 9.47 Å². The lowest BCUT2D eigenvalue weighted by atomic mass is 10.2. The average Bonchev–Trinajstić information content (AvgIpc) is 3.28. The maximum absolute atomic E-state index is 12.0. The highest BCUT2D eigenvalue weighted by atomic mass is 35.5. The van der Waals surface area contributed by atoms with E-state index in [1.54, 1.807) is 42.5 Å². The van der Waals surface area contributed by atoms with Crippen LogP contribution in [0.1, 0.15) is 16.2 Å². The van der Waals surface area contributed by atoms with Crippen LogP contribution in [0.5, 0.6) is 11.5 Å². The van der Waals surface area contributed by atoms with E-state index < -0.39 is 5.97 Å². The van der Waals surface area contributed by atoms with Crippen LogP contribution in [0.15, 0.2) is 47.0 Å². The van der Waals surface area contributed by atoms with Crippen LogP contribution >= 0.6 is 11.6 Å². The molecular formula is C17H11ClN2O5. The van der Waals surface area contributed by atoms with Gasteiger partial charge in [-0.1, -0.05) is 28.9 Å². The number of carbonyl (C=O) groups is 1. The third-order valence-corrected chi connectivity index (χ3v) is 3.85. The number of hydrogen-bond donors (Lipinski definition) is 0. The molecule has 0 amide bonds. The quantitative estimate of drug-likeness (QED) is 0.660. The van der Waals surface area contributed by atoms with E-state index in [4.69, 9.17) is 30.3 Å². The van der Waals surface area contributed by atoms with Crippen molar-refractivity contribution in [2.24, 2.45) is 0 Å². The zero-order valence-corrected chi connectivity index (χ0v) is 13.5. The molecule has 0 unspecified atom stereocenters. The van der Waals surface area contributed by atoms with Crippen LogP contribution in [0.4, 0.5) is 0 Å². The molecule has 0 radical (unpaired) electrons. The molecule has 126 valence electrons. The molecule has 1 aromatic heterocycles. The van der Waals surface area contributed by atoms with Crippen molar-refractivity contribution in [1.29, 1.82) is 0 Å². The van der Waals surface area contributed by atoms with Crippen LogP contribution in [-0.4, -0.2) is 22.9 Å². The molecule has 2 aromatic carbocycles. The van der Waals surface area contributed by atoms with Gasteiger partial charge in [-0.15, -0.1) is 0 Å². The van der Waals surface area contributed by atoms with Crippen LogP contribution in [0.3, 0.4) is 0 Å². The second kappa shape index (κ2) is 6.45. The SMILES string of the molecule is O=C(OCc1nc(-c2ccc3c(c2)OCO3)no1)c1ccccc1Cl. The Bertz CT molecular complexity index is 940. The van der Waals surface area contributed by atoms with Gasteiger partial charge in [0.1, 0.15) is 0 Å². The number of nitrogens with zero attached hydrogens (tertiary/aromatic N) is 2. The van der Waals surface area contributed by atoms with E-state index in [0.29, 0.717) is 27.9 Å². The first-order chi connectivity index (χ1) is 12.2. The van der Waals surface area contributed by atoms with Crippen molar-refractivity contribution in [2.45, 2.75) is 6.61 Å². The van der Waals surface area contributed by atoms with Crippen LogP contribution in [-0.2, 0) is 11.3 Å². The maximum atomic E-state index is 12.0. The highest BCUT2D eigenvalue weighted by Crippen LogP contribution is 2.35. The van der Waals surface area contributed by atoms with E-state index in [9.17, 15) is 4.79 Å². The zero-order chi connectivity index (χ0) is 17.2. The minimum Gasteiger partial charge on any atom is -0.454 e. The Morgan fingerprint density at radius 2 is 2.00 bits per heavy atom. The third kappa shape index (κ3) is 3.14. The van der Waals surface area contributed by atoms with Gasteiger partial charge in [0.05, 0.1) is 10.6 Å². The number of halogens is 1. The molecular weight excluding hydrogens is 348 g/mol. The number of fused-ring (bicyclic) bond motifs is 1. The van der Waals surface area contributed by atoms with Crippen molar-refractivity contribution < 1.29 is 23.5 Å². The molecule has 0 fully saturated rings. The number of hydrogen-bond acceptors (Lipinski definition) is 7. The van der Waals surface area contributed by atoms with E-state index in [1.165, 1.54) is 0 Å². The molecule has 1 aliphatic rings. The van der Waals surface area contributed by atoms with Gasteiger partial charge in [0.2, 0.25) is 12.6 Å².